The lowest BCUT2D eigenvalue weighted by atomic mass is 9.92. The number of anilines is 1. The summed E-state index contributed by atoms with van der Waals surface area (Å²) in [5, 5.41) is 2.83. The Morgan fingerprint density at radius 2 is 1.96 bits per heavy atom. The smallest absolute Gasteiger partial charge is 0.254 e. The minimum Gasteiger partial charge on any atom is -0.334 e. The molecule has 0 radical (unpaired) electrons. The number of carbonyl (C=O) groups excluding carboxylic acids is 2. The van der Waals surface area contributed by atoms with Crippen molar-refractivity contribution in [1.29, 1.82) is 0 Å². The standard InChI is InChI=1S/C18H27N3O2/c1-12(2)17(22)20-15-6-4-14(5-7-15)18(23)21-9-8-13(3)10-16(21)11-19/h4-7,12-13,16H,8-11,19H2,1-3H3,(H,20,22). The zero-order chi connectivity index (χ0) is 17.0. The van der Waals surface area contributed by atoms with Crippen molar-refractivity contribution < 1.29 is 9.59 Å². The first-order valence-electron chi connectivity index (χ1n) is 8.34. The summed E-state index contributed by atoms with van der Waals surface area (Å²) in [7, 11) is 0. The Labute approximate surface area is 138 Å². The van der Waals surface area contributed by atoms with E-state index in [1.54, 1.807) is 24.3 Å². The number of hydrogen-bond donors (Lipinski definition) is 2. The highest BCUT2D eigenvalue weighted by atomic mass is 16.2. The topological polar surface area (TPSA) is 75.4 Å². The number of nitrogens with two attached hydrogens (primary N) is 1. The fourth-order valence-corrected chi connectivity index (χ4v) is 2.89. The van der Waals surface area contributed by atoms with E-state index in [1.807, 2.05) is 18.7 Å². The molecule has 3 N–H and O–H groups in total. The van der Waals surface area contributed by atoms with Crippen molar-refractivity contribution in [1.82, 2.24) is 4.90 Å². The normalized spacial score (nSPS) is 21.3. The number of carbonyl (C=O) groups is 2. The molecule has 1 fully saturated rings. The van der Waals surface area contributed by atoms with Crippen molar-refractivity contribution in [2.45, 2.75) is 39.7 Å². The van der Waals surface area contributed by atoms with Gasteiger partial charge < -0.3 is 16.0 Å². The summed E-state index contributed by atoms with van der Waals surface area (Å²) in [4.78, 5) is 26.3. The second kappa shape index (κ2) is 7.59. The predicted molar refractivity (Wildman–Crippen MR) is 92.2 cm³/mol. The lowest BCUT2D eigenvalue weighted by Gasteiger charge is -2.38. The molecule has 2 atom stereocenters. The van der Waals surface area contributed by atoms with Crippen LogP contribution in [0.1, 0.15) is 44.0 Å². The van der Waals surface area contributed by atoms with Gasteiger partial charge in [-0.25, -0.2) is 0 Å². The molecule has 1 aliphatic heterocycles. The monoisotopic (exact) mass is 317 g/mol. The summed E-state index contributed by atoms with van der Waals surface area (Å²) in [6.45, 7) is 7.15. The molecule has 5 heteroatoms. The molecular formula is C18H27N3O2. The van der Waals surface area contributed by atoms with Crippen LogP contribution >= 0.6 is 0 Å². The third kappa shape index (κ3) is 4.32. The van der Waals surface area contributed by atoms with E-state index in [0.717, 1.165) is 19.4 Å². The minimum atomic E-state index is -0.0723. The maximum absolute atomic E-state index is 12.7. The van der Waals surface area contributed by atoms with Crippen LogP contribution in [0.2, 0.25) is 0 Å². The van der Waals surface area contributed by atoms with E-state index >= 15 is 0 Å². The second-order valence-electron chi connectivity index (χ2n) is 6.74. The molecule has 0 spiro atoms. The quantitative estimate of drug-likeness (QED) is 0.896. The molecule has 1 aromatic carbocycles. The zero-order valence-corrected chi connectivity index (χ0v) is 14.2. The number of likely N-dealkylation sites (tertiary alicyclic amines) is 1. The molecule has 0 aliphatic carbocycles. The minimum absolute atomic E-state index is 0.0223. The van der Waals surface area contributed by atoms with Crippen LogP contribution in [0.5, 0.6) is 0 Å². The molecule has 1 aromatic rings. The summed E-state index contributed by atoms with van der Waals surface area (Å²) in [5.74, 6) is 0.532. The van der Waals surface area contributed by atoms with Crippen LogP contribution in [-0.2, 0) is 4.79 Å². The van der Waals surface area contributed by atoms with Crippen molar-refractivity contribution in [2.75, 3.05) is 18.4 Å². The molecule has 0 aromatic heterocycles. The van der Waals surface area contributed by atoms with Gasteiger partial charge in [-0.15, -0.1) is 0 Å². The third-order valence-corrected chi connectivity index (χ3v) is 4.43. The van der Waals surface area contributed by atoms with Crippen molar-refractivity contribution in [3.8, 4) is 0 Å². The van der Waals surface area contributed by atoms with Gasteiger partial charge in [0.25, 0.3) is 5.91 Å². The Bertz CT molecular complexity index is 554. The Kier molecular flexibility index (Phi) is 5.77. The lowest BCUT2D eigenvalue weighted by molar-refractivity contribution is -0.118. The van der Waals surface area contributed by atoms with Gasteiger partial charge in [0.1, 0.15) is 0 Å². The summed E-state index contributed by atoms with van der Waals surface area (Å²) >= 11 is 0. The van der Waals surface area contributed by atoms with Crippen LogP contribution in [0.3, 0.4) is 0 Å². The van der Waals surface area contributed by atoms with Gasteiger partial charge in [0.05, 0.1) is 0 Å². The van der Waals surface area contributed by atoms with Gasteiger partial charge in [0, 0.05) is 36.3 Å². The number of nitrogens with zero attached hydrogens (tertiary/aromatic N) is 1. The van der Waals surface area contributed by atoms with Gasteiger partial charge in [-0.05, 0) is 43.0 Å². The maximum Gasteiger partial charge on any atom is 0.254 e. The summed E-state index contributed by atoms with van der Waals surface area (Å²) in [6, 6.07) is 7.20. The number of amides is 2. The average molecular weight is 317 g/mol. The van der Waals surface area contributed by atoms with Crippen molar-refractivity contribution in [2.24, 2.45) is 17.6 Å². The molecule has 0 bridgehead atoms. The SMILES string of the molecule is CC1CCN(C(=O)c2ccc(NC(=O)C(C)C)cc2)C(CN)C1. The molecule has 1 heterocycles. The van der Waals surface area contributed by atoms with Crippen LogP contribution in [0.15, 0.2) is 24.3 Å². The molecule has 2 unspecified atom stereocenters. The second-order valence-corrected chi connectivity index (χ2v) is 6.74. The van der Waals surface area contributed by atoms with E-state index in [-0.39, 0.29) is 23.8 Å². The highest BCUT2D eigenvalue weighted by Gasteiger charge is 2.29. The largest absolute Gasteiger partial charge is 0.334 e. The van der Waals surface area contributed by atoms with Crippen LogP contribution in [-0.4, -0.2) is 35.8 Å². The Hall–Kier alpha value is -1.88. The van der Waals surface area contributed by atoms with Crippen LogP contribution < -0.4 is 11.1 Å². The molecule has 126 valence electrons. The van der Waals surface area contributed by atoms with Crippen LogP contribution in [0.4, 0.5) is 5.69 Å². The van der Waals surface area contributed by atoms with E-state index in [4.69, 9.17) is 5.73 Å². The van der Waals surface area contributed by atoms with Gasteiger partial charge in [-0.1, -0.05) is 20.8 Å². The fourth-order valence-electron chi connectivity index (χ4n) is 2.89. The van der Waals surface area contributed by atoms with Crippen LogP contribution in [0, 0.1) is 11.8 Å². The summed E-state index contributed by atoms with van der Waals surface area (Å²) in [6.07, 6.45) is 1.98. The Morgan fingerprint density at radius 1 is 1.30 bits per heavy atom. The van der Waals surface area contributed by atoms with E-state index in [1.165, 1.54) is 0 Å². The fraction of sp³-hybridized carbons (Fsp3) is 0.556. The van der Waals surface area contributed by atoms with Gasteiger partial charge in [0.15, 0.2) is 0 Å². The highest BCUT2D eigenvalue weighted by Crippen LogP contribution is 2.24. The molecule has 23 heavy (non-hydrogen) atoms. The molecule has 0 saturated carbocycles. The number of hydrogen-bond acceptors (Lipinski definition) is 3. The Morgan fingerprint density at radius 3 is 2.52 bits per heavy atom. The summed E-state index contributed by atoms with van der Waals surface area (Å²) in [5.41, 5.74) is 7.19. The third-order valence-electron chi connectivity index (χ3n) is 4.43. The van der Waals surface area contributed by atoms with Gasteiger partial charge in [-0.2, -0.15) is 0 Å². The van der Waals surface area contributed by atoms with Crippen molar-refractivity contribution in [3.63, 3.8) is 0 Å². The number of benzene rings is 1. The first-order valence-corrected chi connectivity index (χ1v) is 8.34. The molecular weight excluding hydrogens is 290 g/mol. The number of piperidine rings is 1. The predicted octanol–water partition coefficient (Wildman–Crippen LogP) is 2.48. The zero-order valence-electron chi connectivity index (χ0n) is 14.2. The van der Waals surface area contributed by atoms with E-state index in [0.29, 0.717) is 23.7 Å². The molecule has 2 rings (SSSR count). The average Bonchev–Trinajstić information content (AvgIpc) is 2.54. The highest BCUT2D eigenvalue weighted by molar-refractivity contribution is 5.96. The molecule has 2 amide bonds. The van der Waals surface area contributed by atoms with Crippen molar-refractivity contribution in [3.05, 3.63) is 29.8 Å². The van der Waals surface area contributed by atoms with E-state index in [2.05, 4.69) is 12.2 Å². The first kappa shape index (κ1) is 17.5. The van der Waals surface area contributed by atoms with Crippen LogP contribution in [0.25, 0.3) is 0 Å². The van der Waals surface area contributed by atoms with E-state index in [9.17, 15) is 9.59 Å². The molecule has 1 saturated heterocycles. The number of rotatable bonds is 4. The molecule has 5 nitrogen and oxygen atoms in total. The van der Waals surface area contributed by atoms with E-state index < -0.39 is 0 Å². The van der Waals surface area contributed by atoms with Gasteiger partial charge in [-0.3, -0.25) is 9.59 Å². The lowest BCUT2D eigenvalue weighted by Crippen LogP contribution is -2.49. The molecule has 1 aliphatic rings. The van der Waals surface area contributed by atoms with Crippen molar-refractivity contribution >= 4 is 17.5 Å². The first-order chi connectivity index (χ1) is 10.9. The van der Waals surface area contributed by atoms with Gasteiger partial charge in [0.2, 0.25) is 5.91 Å². The van der Waals surface area contributed by atoms with Gasteiger partial charge >= 0.3 is 0 Å². The maximum atomic E-state index is 12.7. The number of nitrogens with one attached hydrogen (secondary N) is 1. The Balaban J connectivity index is 2.06. The summed E-state index contributed by atoms with van der Waals surface area (Å²) < 4.78 is 0.